The molecule has 1 aromatic heterocycles. The van der Waals surface area contributed by atoms with Crippen LogP contribution >= 0.6 is 34.2 Å². The average Bonchev–Trinajstić information content (AvgIpc) is 2.79. The van der Waals surface area contributed by atoms with Crippen LogP contribution in [0, 0.1) is 16.3 Å². The first-order valence-corrected chi connectivity index (χ1v) is 16.5. The van der Waals surface area contributed by atoms with Crippen molar-refractivity contribution in [2.45, 2.75) is 18.0 Å². The van der Waals surface area contributed by atoms with Crippen LogP contribution in [-0.4, -0.2) is 13.4 Å². The van der Waals surface area contributed by atoms with Crippen molar-refractivity contribution in [2.24, 2.45) is 0 Å². The molecular weight excluding hydrogens is 750 g/mol. The molecule has 0 amide bonds. The first-order valence-electron chi connectivity index (χ1n) is 9.92. The summed E-state index contributed by atoms with van der Waals surface area (Å²) in [7, 11) is -3.70. The maximum absolute atomic E-state index is 14.8. The molecule has 0 fully saturated rings. The van der Waals surface area contributed by atoms with Gasteiger partial charge in [-0.05, 0) is 0 Å². The Labute approximate surface area is 231 Å². The molecule has 0 unspecified atom stereocenters. The van der Waals surface area contributed by atoms with Gasteiger partial charge in [-0.1, -0.05) is 0 Å². The SMILES string of the molecule is Cc1cc(Oc2ccc(N[I-]S(=O)(=O)c3ccc(I)c(Cl)c3)c(F)c2)c2cccc(C(F)(F)F)c2n1. The summed E-state index contributed by atoms with van der Waals surface area (Å²) in [5.74, 6) is -0.684. The normalized spacial score (nSPS) is 12.2. The Morgan fingerprint density at radius 2 is 1.83 bits per heavy atom. The first-order chi connectivity index (χ1) is 16.8. The number of rotatable bonds is 6. The molecule has 0 aliphatic rings. The molecule has 190 valence electrons. The third kappa shape index (κ3) is 5.97. The van der Waals surface area contributed by atoms with Crippen molar-refractivity contribution in [3.05, 3.63) is 86.3 Å². The molecule has 0 aliphatic heterocycles. The number of nitrogens with one attached hydrogen (secondary N) is 1. The molecule has 0 saturated heterocycles. The number of halogens is 7. The van der Waals surface area contributed by atoms with E-state index in [9.17, 15) is 26.0 Å². The standard InChI is InChI=1S/C23H14ClF4I2N2O3S/c1-12-9-21(15-3-2-4-16(22(15)31-12)23(26,27)28)35-13-5-8-20(18(25)10-13)32-30-36(33,34)14-6-7-19(29)17(24)11-14/h2-11,32H,1H3/q-1. The van der Waals surface area contributed by atoms with E-state index < -0.39 is 44.7 Å². The van der Waals surface area contributed by atoms with Gasteiger partial charge in [0.25, 0.3) is 0 Å². The number of hydrogen-bond donors (Lipinski definition) is 1. The van der Waals surface area contributed by atoms with Gasteiger partial charge in [0.05, 0.1) is 0 Å². The van der Waals surface area contributed by atoms with Crippen molar-refractivity contribution < 1.29 is 50.8 Å². The molecule has 0 saturated carbocycles. The van der Waals surface area contributed by atoms with Crippen molar-refractivity contribution in [2.75, 3.05) is 3.53 Å². The van der Waals surface area contributed by atoms with Crippen LogP contribution < -0.4 is 28.4 Å². The number of hydrogen-bond acceptors (Lipinski definition) is 5. The minimum absolute atomic E-state index is 0.0211. The summed E-state index contributed by atoms with van der Waals surface area (Å²) in [6.07, 6.45) is -4.61. The second-order valence-corrected chi connectivity index (χ2v) is 15.8. The summed E-state index contributed by atoms with van der Waals surface area (Å²) in [6.45, 7) is 1.53. The van der Waals surface area contributed by atoms with E-state index in [-0.39, 0.29) is 33.0 Å². The van der Waals surface area contributed by atoms with Crippen molar-refractivity contribution >= 4 is 57.8 Å². The molecule has 0 spiro atoms. The van der Waals surface area contributed by atoms with E-state index in [0.717, 1.165) is 12.1 Å². The molecule has 13 heteroatoms. The van der Waals surface area contributed by atoms with E-state index in [0.29, 0.717) is 14.3 Å². The number of pyridine rings is 1. The van der Waals surface area contributed by atoms with Gasteiger partial charge in [-0.3, -0.25) is 0 Å². The van der Waals surface area contributed by atoms with Crippen LogP contribution in [0.4, 0.5) is 23.2 Å². The van der Waals surface area contributed by atoms with E-state index in [1.54, 1.807) is 6.07 Å². The molecule has 1 heterocycles. The van der Waals surface area contributed by atoms with Crippen LogP contribution in [0.1, 0.15) is 11.3 Å². The van der Waals surface area contributed by atoms with Crippen molar-refractivity contribution in [3.63, 3.8) is 0 Å². The Morgan fingerprint density at radius 3 is 2.50 bits per heavy atom. The second kappa shape index (κ2) is 10.5. The Morgan fingerprint density at radius 1 is 1.08 bits per heavy atom. The number of para-hydroxylation sites is 1. The summed E-state index contributed by atoms with van der Waals surface area (Å²) in [5, 5.41) is 0.417. The fourth-order valence-corrected chi connectivity index (χ4v) is 8.13. The predicted molar refractivity (Wildman–Crippen MR) is 133 cm³/mol. The zero-order chi connectivity index (χ0) is 26.3. The van der Waals surface area contributed by atoms with Crippen molar-refractivity contribution in [3.8, 4) is 11.5 Å². The molecule has 1 N–H and O–H groups in total. The summed E-state index contributed by atoms with van der Waals surface area (Å²) in [4.78, 5) is 4.05. The average molecular weight is 764 g/mol. The predicted octanol–water partition coefficient (Wildman–Crippen LogP) is 4.56. The number of nitrogens with zero attached hydrogens (tertiary/aromatic N) is 1. The van der Waals surface area contributed by atoms with Gasteiger partial charge >= 0.3 is 233 Å². The fourth-order valence-electron chi connectivity index (χ4n) is 3.18. The molecule has 0 aliphatic carbocycles. The molecule has 4 rings (SSSR count). The number of aromatic nitrogens is 1. The van der Waals surface area contributed by atoms with Gasteiger partial charge in [0.1, 0.15) is 0 Å². The quantitative estimate of drug-likeness (QED) is 0.135. The topological polar surface area (TPSA) is 68.3 Å². The zero-order valence-electron chi connectivity index (χ0n) is 18.0. The van der Waals surface area contributed by atoms with Crippen LogP contribution in [0.3, 0.4) is 0 Å². The number of benzene rings is 3. The van der Waals surface area contributed by atoms with Crippen LogP contribution in [0.25, 0.3) is 10.9 Å². The van der Waals surface area contributed by atoms with Gasteiger partial charge in [-0.25, -0.2) is 0 Å². The van der Waals surface area contributed by atoms with Gasteiger partial charge in [-0.15, -0.1) is 0 Å². The minimum atomic E-state index is -4.61. The number of alkyl halides is 3. The van der Waals surface area contributed by atoms with E-state index in [2.05, 4.69) is 8.51 Å². The molecular formula is C23H14ClF4I2N2O3S-. The molecule has 5 nitrogen and oxygen atoms in total. The van der Waals surface area contributed by atoms with Crippen LogP contribution in [0.2, 0.25) is 5.02 Å². The van der Waals surface area contributed by atoms with Gasteiger partial charge in [-0.2, -0.15) is 0 Å². The summed E-state index contributed by atoms with van der Waals surface area (Å²) >= 11 is 6.23. The van der Waals surface area contributed by atoms with E-state index >= 15 is 0 Å². The second-order valence-electron chi connectivity index (χ2n) is 7.39. The molecule has 36 heavy (non-hydrogen) atoms. The Kier molecular flexibility index (Phi) is 7.88. The molecule has 3 aromatic carbocycles. The van der Waals surface area contributed by atoms with Gasteiger partial charge in [0, 0.05) is 0 Å². The van der Waals surface area contributed by atoms with Crippen LogP contribution in [0.5, 0.6) is 11.5 Å². The third-order valence-electron chi connectivity index (χ3n) is 4.82. The van der Waals surface area contributed by atoms with Gasteiger partial charge < -0.3 is 0 Å². The van der Waals surface area contributed by atoms with E-state index in [1.165, 1.54) is 49.4 Å². The Bertz CT molecular complexity index is 1580. The number of fused-ring (bicyclic) bond motifs is 1. The fraction of sp³-hybridized carbons (Fsp3) is 0.0870. The maximum atomic E-state index is 14.8. The molecule has 0 atom stereocenters. The van der Waals surface area contributed by atoms with Gasteiger partial charge in [0.2, 0.25) is 0 Å². The van der Waals surface area contributed by atoms with Crippen molar-refractivity contribution in [1.82, 2.24) is 4.98 Å². The van der Waals surface area contributed by atoms with E-state index in [4.69, 9.17) is 16.3 Å². The Balaban J connectivity index is 1.57. The number of anilines is 1. The molecule has 4 aromatic rings. The van der Waals surface area contributed by atoms with Crippen LogP contribution in [-0.2, 0) is 13.2 Å². The molecule has 0 radical (unpaired) electrons. The summed E-state index contributed by atoms with van der Waals surface area (Å²) in [6, 6.07) is 13.1. The molecule has 0 bridgehead atoms. The van der Waals surface area contributed by atoms with Gasteiger partial charge in [0.15, 0.2) is 0 Å². The Hall–Kier alpha value is -1.91. The number of ether oxygens (including phenoxy) is 1. The summed E-state index contributed by atoms with van der Waals surface area (Å²) < 4.78 is 89.4. The number of aryl methyl sites for hydroxylation is 1. The van der Waals surface area contributed by atoms with Crippen LogP contribution in [0.15, 0.2) is 65.6 Å². The first kappa shape index (κ1) is 27.1. The summed E-state index contributed by atoms with van der Waals surface area (Å²) in [5.41, 5.74) is -0.938. The monoisotopic (exact) mass is 763 g/mol. The third-order valence-corrected chi connectivity index (χ3v) is 12.0. The zero-order valence-corrected chi connectivity index (χ0v) is 23.9. The van der Waals surface area contributed by atoms with Crippen molar-refractivity contribution in [1.29, 1.82) is 0 Å². The van der Waals surface area contributed by atoms with E-state index in [1.807, 2.05) is 22.6 Å².